The van der Waals surface area contributed by atoms with E-state index in [9.17, 15) is 14.0 Å². The van der Waals surface area contributed by atoms with Crippen molar-refractivity contribution in [2.45, 2.75) is 0 Å². The van der Waals surface area contributed by atoms with E-state index in [4.69, 9.17) is 16.2 Å². The number of aromatic nitrogens is 2. The van der Waals surface area contributed by atoms with E-state index in [2.05, 4.69) is 16.8 Å². The van der Waals surface area contributed by atoms with Gasteiger partial charge >= 0.3 is 0 Å². The number of hydrogen-bond donors (Lipinski definition) is 2. The van der Waals surface area contributed by atoms with Gasteiger partial charge in [0.15, 0.2) is 11.6 Å². The minimum Gasteiger partial charge on any atom is -0.453 e. The molecule has 0 saturated carbocycles. The highest BCUT2D eigenvalue weighted by atomic mass is 19.1. The first-order valence-corrected chi connectivity index (χ1v) is 11.3. The van der Waals surface area contributed by atoms with Crippen molar-refractivity contribution in [1.29, 1.82) is 0 Å². The molecule has 1 amide bonds. The maximum atomic E-state index is 15.2. The summed E-state index contributed by atoms with van der Waals surface area (Å²) in [6, 6.07) is 12.1. The first-order chi connectivity index (χ1) is 18.2. The third kappa shape index (κ3) is 5.53. The van der Waals surface area contributed by atoms with Gasteiger partial charge in [0.05, 0.1) is 6.54 Å². The minimum atomic E-state index is -0.990. The third-order valence-corrected chi connectivity index (χ3v) is 5.46. The summed E-state index contributed by atoms with van der Waals surface area (Å²) in [6.45, 7) is 0.471. The van der Waals surface area contributed by atoms with Crippen molar-refractivity contribution in [2.24, 2.45) is 5.73 Å². The number of anilines is 1. The Hall–Kier alpha value is -5.01. The van der Waals surface area contributed by atoms with Crippen LogP contribution in [-0.2, 0) is 0 Å². The van der Waals surface area contributed by atoms with Crippen molar-refractivity contribution in [3.8, 4) is 40.2 Å². The van der Waals surface area contributed by atoms with Crippen LogP contribution >= 0.6 is 0 Å². The van der Waals surface area contributed by atoms with E-state index in [1.54, 1.807) is 0 Å². The molecule has 0 unspecified atom stereocenters. The number of hydrogen-bond acceptors (Lipinski definition) is 6. The molecule has 10 heteroatoms. The maximum Gasteiger partial charge on any atom is 0.268 e. The lowest BCUT2D eigenvalue weighted by molar-refractivity contribution is 0.0999. The summed E-state index contributed by atoms with van der Waals surface area (Å²) in [5.74, 6) is 3.84. The molecule has 0 bridgehead atoms. The van der Waals surface area contributed by atoms with E-state index in [1.165, 1.54) is 60.9 Å². The van der Waals surface area contributed by atoms with Gasteiger partial charge < -0.3 is 16.2 Å². The number of ether oxygens (including phenoxy) is 1. The second kappa shape index (κ2) is 10.9. The van der Waals surface area contributed by atoms with Gasteiger partial charge in [-0.2, -0.15) is 0 Å². The molecule has 0 radical (unpaired) electrons. The molecule has 4 rings (SSSR count). The molecule has 192 valence electrons. The van der Waals surface area contributed by atoms with Crippen molar-refractivity contribution in [3.63, 3.8) is 0 Å². The van der Waals surface area contributed by atoms with E-state index >= 15 is 4.39 Å². The topological polar surface area (TPSA) is 116 Å². The molecule has 2 aromatic heterocycles. The predicted octanol–water partition coefficient (Wildman–Crippen LogP) is 3.56. The zero-order valence-electron chi connectivity index (χ0n) is 20.5. The summed E-state index contributed by atoms with van der Waals surface area (Å²) in [5, 5.41) is 0. The normalized spacial score (nSPS) is 10.7. The first kappa shape index (κ1) is 26.1. The Bertz CT molecular complexity index is 1640. The van der Waals surface area contributed by atoms with Gasteiger partial charge in [-0.25, -0.2) is 13.8 Å². The van der Waals surface area contributed by atoms with Crippen LogP contribution in [0.25, 0.3) is 16.8 Å². The molecule has 0 aliphatic heterocycles. The monoisotopic (exact) mass is 515 g/mol. The molecule has 0 spiro atoms. The van der Waals surface area contributed by atoms with Crippen LogP contribution < -0.4 is 21.8 Å². The quantitative estimate of drug-likeness (QED) is 0.380. The minimum absolute atomic E-state index is 0.129. The molecule has 0 aliphatic rings. The summed E-state index contributed by atoms with van der Waals surface area (Å²) in [7, 11) is 3.73. The molecule has 0 fully saturated rings. The first-order valence-electron chi connectivity index (χ1n) is 11.3. The van der Waals surface area contributed by atoms with Gasteiger partial charge in [0.2, 0.25) is 0 Å². The van der Waals surface area contributed by atoms with Crippen LogP contribution in [0.2, 0.25) is 0 Å². The Balaban J connectivity index is 1.71. The number of carbonyl (C=O) groups excluding carboxylic acids is 1. The number of primary amides is 1. The molecular weight excluding hydrogens is 492 g/mol. The van der Waals surface area contributed by atoms with E-state index in [0.29, 0.717) is 17.8 Å². The highest BCUT2D eigenvalue weighted by Crippen LogP contribution is 2.32. The Labute approximate surface area is 217 Å². The van der Waals surface area contributed by atoms with Crippen LogP contribution in [-0.4, -0.2) is 41.0 Å². The second-order valence-corrected chi connectivity index (χ2v) is 8.48. The molecule has 4 aromatic rings. The summed E-state index contributed by atoms with van der Waals surface area (Å²) < 4.78 is 35.4. The molecule has 2 aromatic carbocycles. The molecule has 0 atom stereocenters. The Morgan fingerprint density at radius 2 is 1.82 bits per heavy atom. The fourth-order valence-corrected chi connectivity index (χ4v) is 3.65. The fraction of sp³-hybridized carbons (Fsp3) is 0.107. The summed E-state index contributed by atoms with van der Waals surface area (Å²) >= 11 is 0. The van der Waals surface area contributed by atoms with Crippen LogP contribution in [0.3, 0.4) is 0 Å². The molecule has 0 aliphatic carbocycles. The van der Waals surface area contributed by atoms with Gasteiger partial charge in [0.25, 0.3) is 11.5 Å². The van der Waals surface area contributed by atoms with Gasteiger partial charge in [-0.3, -0.25) is 19.1 Å². The lowest BCUT2D eigenvalue weighted by Gasteiger charge is -2.13. The molecule has 38 heavy (non-hydrogen) atoms. The van der Waals surface area contributed by atoms with Crippen molar-refractivity contribution in [1.82, 2.24) is 14.5 Å². The van der Waals surface area contributed by atoms with Crippen LogP contribution in [0.4, 0.5) is 14.6 Å². The van der Waals surface area contributed by atoms with Crippen LogP contribution in [0.15, 0.2) is 71.8 Å². The highest BCUT2D eigenvalue weighted by molar-refractivity contribution is 5.99. The lowest BCUT2D eigenvalue weighted by atomic mass is 10.0. The Kier molecular flexibility index (Phi) is 7.50. The highest BCUT2D eigenvalue weighted by Gasteiger charge is 2.19. The number of nitrogens with two attached hydrogens (primary N) is 2. The number of nitrogen functional groups attached to an aromatic ring is 1. The van der Waals surface area contributed by atoms with Gasteiger partial charge in [-0.15, -0.1) is 0 Å². The van der Waals surface area contributed by atoms with Gasteiger partial charge in [-0.05, 0) is 62.1 Å². The van der Waals surface area contributed by atoms with Gasteiger partial charge in [-0.1, -0.05) is 17.9 Å². The molecule has 8 nitrogen and oxygen atoms in total. The zero-order chi connectivity index (χ0) is 27.4. The van der Waals surface area contributed by atoms with Crippen LogP contribution in [0.1, 0.15) is 15.9 Å². The standard InChI is InChI=1S/C28H23F2N5O3/c1-34(2)14-3-4-21-23(11-13-33-26(21)31)38-24-10-5-17(16-22(24)30)20-12-15-35(28(37)25(20)27(32)36)19-8-6-18(29)7-9-19/h5-13,15-16H,14H2,1-2H3,(H2,31,33)(H2,32,36). The van der Waals surface area contributed by atoms with Crippen LogP contribution in [0.5, 0.6) is 11.5 Å². The Morgan fingerprint density at radius 3 is 2.47 bits per heavy atom. The van der Waals surface area contributed by atoms with E-state index in [0.717, 1.165) is 10.6 Å². The van der Waals surface area contributed by atoms with Gasteiger partial charge in [0.1, 0.15) is 28.5 Å². The van der Waals surface area contributed by atoms with Crippen molar-refractivity contribution >= 4 is 11.7 Å². The number of rotatable bonds is 6. The summed E-state index contributed by atoms with van der Waals surface area (Å²) in [5.41, 5.74) is 11.4. The number of nitrogens with zero attached hydrogens (tertiary/aromatic N) is 3. The van der Waals surface area contributed by atoms with Crippen LogP contribution in [0, 0.1) is 23.5 Å². The number of benzene rings is 2. The SMILES string of the molecule is CN(C)CC#Cc1c(Oc2ccc(-c3ccn(-c4ccc(F)cc4)c(=O)c3C(N)=O)cc2F)ccnc1N. The number of pyridine rings is 2. The molecule has 4 N–H and O–H groups in total. The fourth-order valence-electron chi connectivity index (χ4n) is 3.65. The molecule has 0 saturated heterocycles. The van der Waals surface area contributed by atoms with Crippen molar-refractivity contribution in [2.75, 3.05) is 26.4 Å². The van der Waals surface area contributed by atoms with E-state index < -0.39 is 23.1 Å². The van der Waals surface area contributed by atoms with E-state index in [-0.39, 0.29) is 34.0 Å². The average Bonchev–Trinajstić information content (AvgIpc) is 2.87. The smallest absolute Gasteiger partial charge is 0.268 e. The third-order valence-electron chi connectivity index (χ3n) is 5.46. The largest absolute Gasteiger partial charge is 0.453 e. The number of amides is 1. The number of carbonyl (C=O) groups is 1. The second-order valence-electron chi connectivity index (χ2n) is 8.48. The lowest BCUT2D eigenvalue weighted by Crippen LogP contribution is -2.29. The Morgan fingerprint density at radius 1 is 1.08 bits per heavy atom. The summed E-state index contributed by atoms with van der Waals surface area (Å²) in [4.78, 5) is 31.2. The van der Waals surface area contributed by atoms with Crippen molar-refractivity contribution in [3.05, 3.63) is 100 Å². The number of halogens is 2. The predicted molar refractivity (Wildman–Crippen MR) is 140 cm³/mol. The molecular formula is C28H23F2N5O3. The van der Waals surface area contributed by atoms with Crippen molar-refractivity contribution < 1.29 is 18.3 Å². The maximum absolute atomic E-state index is 15.2. The van der Waals surface area contributed by atoms with Gasteiger partial charge in [0, 0.05) is 29.7 Å². The van der Waals surface area contributed by atoms with E-state index in [1.807, 2.05) is 19.0 Å². The average molecular weight is 516 g/mol. The molecule has 2 heterocycles. The zero-order valence-corrected chi connectivity index (χ0v) is 20.5. The summed E-state index contributed by atoms with van der Waals surface area (Å²) in [6.07, 6.45) is 2.82.